The van der Waals surface area contributed by atoms with E-state index in [0.717, 1.165) is 0 Å². The highest BCUT2D eigenvalue weighted by atomic mass is 19.1. The fourth-order valence-electron chi connectivity index (χ4n) is 1.68. The lowest BCUT2D eigenvalue weighted by molar-refractivity contribution is 0.102. The molecule has 1 aromatic carbocycles. The number of carbonyl (C=O) groups excluding carboxylic acids is 1. The first-order valence-electron chi connectivity index (χ1n) is 5.68. The smallest absolute Gasteiger partial charge is 0.261 e. The molecule has 1 amide bonds. The zero-order chi connectivity index (χ0) is 13.8. The first-order valence-corrected chi connectivity index (χ1v) is 5.68. The SMILES string of the molecule is COc1ncccc1C(=O)Nc1ccc(F)cc1C. The minimum Gasteiger partial charge on any atom is -0.480 e. The van der Waals surface area contributed by atoms with Crippen molar-refractivity contribution in [2.24, 2.45) is 0 Å². The fourth-order valence-corrected chi connectivity index (χ4v) is 1.68. The maximum absolute atomic E-state index is 13.0. The Bertz CT molecular complexity index is 614. The molecule has 0 aliphatic rings. The van der Waals surface area contributed by atoms with Crippen LogP contribution < -0.4 is 10.1 Å². The Hall–Kier alpha value is -2.43. The van der Waals surface area contributed by atoms with Crippen molar-refractivity contribution < 1.29 is 13.9 Å². The van der Waals surface area contributed by atoms with Gasteiger partial charge < -0.3 is 10.1 Å². The van der Waals surface area contributed by atoms with Gasteiger partial charge in [0.1, 0.15) is 11.4 Å². The minimum absolute atomic E-state index is 0.250. The van der Waals surface area contributed by atoms with Crippen molar-refractivity contribution in [2.75, 3.05) is 12.4 Å². The van der Waals surface area contributed by atoms with Gasteiger partial charge in [-0.1, -0.05) is 0 Å². The van der Waals surface area contributed by atoms with Gasteiger partial charge >= 0.3 is 0 Å². The van der Waals surface area contributed by atoms with E-state index in [4.69, 9.17) is 4.74 Å². The molecule has 0 bridgehead atoms. The van der Waals surface area contributed by atoms with Gasteiger partial charge in [-0.05, 0) is 42.8 Å². The number of rotatable bonds is 3. The van der Waals surface area contributed by atoms with Crippen molar-refractivity contribution in [1.29, 1.82) is 0 Å². The van der Waals surface area contributed by atoms with Crippen molar-refractivity contribution in [3.63, 3.8) is 0 Å². The Labute approximate surface area is 110 Å². The molecule has 0 radical (unpaired) electrons. The van der Waals surface area contributed by atoms with Crippen molar-refractivity contribution in [3.05, 3.63) is 53.5 Å². The van der Waals surface area contributed by atoms with Crippen molar-refractivity contribution >= 4 is 11.6 Å². The van der Waals surface area contributed by atoms with E-state index in [1.807, 2.05) is 0 Å². The van der Waals surface area contributed by atoms with Gasteiger partial charge in [0.15, 0.2) is 0 Å². The number of nitrogens with one attached hydrogen (secondary N) is 1. The minimum atomic E-state index is -0.348. The van der Waals surface area contributed by atoms with Crippen molar-refractivity contribution in [3.8, 4) is 5.88 Å². The number of ether oxygens (including phenoxy) is 1. The molecular weight excluding hydrogens is 247 g/mol. The Morgan fingerprint density at radius 2 is 2.16 bits per heavy atom. The van der Waals surface area contributed by atoms with E-state index in [1.54, 1.807) is 25.3 Å². The summed E-state index contributed by atoms with van der Waals surface area (Å²) < 4.78 is 18.0. The number of hydrogen-bond acceptors (Lipinski definition) is 3. The monoisotopic (exact) mass is 260 g/mol. The fraction of sp³-hybridized carbons (Fsp3) is 0.143. The van der Waals surface area contributed by atoms with Gasteiger partial charge in [0.2, 0.25) is 5.88 Å². The van der Waals surface area contributed by atoms with Crippen molar-refractivity contribution in [2.45, 2.75) is 6.92 Å². The average Bonchev–Trinajstić information content (AvgIpc) is 2.41. The van der Waals surface area contributed by atoms with Crippen LogP contribution in [-0.4, -0.2) is 18.0 Å². The number of nitrogens with zero attached hydrogens (tertiary/aromatic N) is 1. The van der Waals surface area contributed by atoms with E-state index in [-0.39, 0.29) is 17.6 Å². The Morgan fingerprint density at radius 1 is 1.37 bits per heavy atom. The number of pyridine rings is 1. The van der Waals surface area contributed by atoms with E-state index in [9.17, 15) is 9.18 Å². The summed E-state index contributed by atoms with van der Waals surface area (Å²) in [7, 11) is 1.45. The van der Waals surface area contributed by atoms with Crippen LogP contribution in [0.5, 0.6) is 5.88 Å². The normalized spacial score (nSPS) is 10.1. The van der Waals surface area contributed by atoms with Crippen LogP contribution in [-0.2, 0) is 0 Å². The zero-order valence-electron chi connectivity index (χ0n) is 10.6. The molecule has 1 heterocycles. The Kier molecular flexibility index (Phi) is 3.75. The third-order valence-electron chi connectivity index (χ3n) is 2.65. The summed E-state index contributed by atoms with van der Waals surface area (Å²) in [6.45, 7) is 1.72. The highest BCUT2D eigenvalue weighted by Gasteiger charge is 2.13. The van der Waals surface area contributed by atoms with E-state index in [2.05, 4.69) is 10.3 Å². The number of hydrogen-bond donors (Lipinski definition) is 1. The van der Waals surface area contributed by atoms with Crippen LogP contribution in [0.1, 0.15) is 15.9 Å². The summed E-state index contributed by atoms with van der Waals surface area (Å²) >= 11 is 0. The molecule has 0 fully saturated rings. The second kappa shape index (κ2) is 5.48. The standard InChI is InChI=1S/C14H13FN2O2/c1-9-8-10(15)5-6-12(9)17-13(18)11-4-3-7-16-14(11)19-2/h3-8H,1-2H3,(H,17,18). The molecular formula is C14H13FN2O2. The third-order valence-corrected chi connectivity index (χ3v) is 2.65. The van der Waals surface area contributed by atoms with E-state index in [1.165, 1.54) is 25.3 Å². The number of halogens is 1. The Balaban J connectivity index is 2.26. The molecule has 0 aliphatic carbocycles. The summed E-state index contributed by atoms with van der Waals surface area (Å²) in [5, 5.41) is 2.70. The molecule has 0 aliphatic heterocycles. The van der Waals surface area contributed by atoms with Crippen LogP contribution in [0.25, 0.3) is 0 Å². The maximum atomic E-state index is 13.0. The van der Waals surface area contributed by atoms with Crippen LogP contribution in [0.4, 0.5) is 10.1 Å². The second-order valence-corrected chi connectivity index (χ2v) is 3.97. The maximum Gasteiger partial charge on any atom is 0.261 e. The van der Waals surface area contributed by atoms with Crippen LogP contribution in [0.2, 0.25) is 0 Å². The molecule has 0 unspecified atom stereocenters. The van der Waals surface area contributed by atoms with E-state index >= 15 is 0 Å². The average molecular weight is 260 g/mol. The number of anilines is 1. The Morgan fingerprint density at radius 3 is 2.84 bits per heavy atom. The molecule has 0 spiro atoms. The lowest BCUT2D eigenvalue weighted by Crippen LogP contribution is -2.14. The topological polar surface area (TPSA) is 51.2 Å². The second-order valence-electron chi connectivity index (χ2n) is 3.97. The first-order chi connectivity index (χ1) is 9.11. The highest BCUT2D eigenvalue weighted by Crippen LogP contribution is 2.19. The number of aromatic nitrogens is 1. The highest BCUT2D eigenvalue weighted by molar-refractivity contribution is 6.06. The molecule has 1 N–H and O–H groups in total. The van der Waals surface area contributed by atoms with Gasteiger partial charge in [-0.25, -0.2) is 9.37 Å². The lowest BCUT2D eigenvalue weighted by Gasteiger charge is -2.10. The van der Waals surface area contributed by atoms with Crippen LogP contribution in [0, 0.1) is 12.7 Å². The van der Waals surface area contributed by atoms with Crippen LogP contribution in [0.3, 0.4) is 0 Å². The van der Waals surface area contributed by atoms with Crippen LogP contribution in [0.15, 0.2) is 36.5 Å². The number of carbonyl (C=O) groups is 1. The van der Waals surface area contributed by atoms with E-state index < -0.39 is 0 Å². The molecule has 0 saturated carbocycles. The number of aryl methyl sites for hydroxylation is 1. The molecule has 98 valence electrons. The van der Waals surface area contributed by atoms with Gasteiger partial charge in [-0.2, -0.15) is 0 Å². The van der Waals surface area contributed by atoms with E-state index in [0.29, 0.717) is 16.8 Å². The lowest BCUT2D eigenvalue weighted by atomic mass is 10.2. The summed E-state index contributed by atoms with van der Waals surface area (Å²) in [5.41, 5.74) is 1.53. The zero-order valence-corrected chi connectivity index (χ0v) is 10.6. The number of amides is 1. The number of methoxy groups -OCH3 is 1. The summed E-state index contributed by atoms with van der Waals surface area (Å²) in [6.07, 6.45) is 1.54. The molecule has 2 rings (SSSR count). The largest absolute Gasteiger partial charge is 0.480 e. The van der Waals surface area contributed by atoms with Gasteiger partial charge in [-0.3, -0.25) is 4.79 Å². The molecule has 19 heavy (non-hydrogen) atoms. The van der Waals surface area contributed by atoms with Gasteiger partial charge in [0.05, 0.1) is 7.11 Å². The molecule has 2 aromatic rings. The van der Waals surface area contributed by atoms with Crippen LogP contribution >= 0.6 is 0 Å². The van der Waals surface area contributed by atoms with Crippen molar-refractivity contribution in [1.82, 2.24) is 4.98 Å². The quantitative estimate of drug-likeness (QED) is 0.923. The third kappa shape index (κ3) is 2.88. The predicted molar refractivity (Wildman–Crippen MR) is 69.9 cm³/mol. The molecule has 4 nitrogen and oxygen atoms in total. The van der Waals surface area contributed by atoms with Gasteiger partial charge in [0.25, 0.3) is 5.91 Å². The summed E-state index contributed by atoms with van der Waals surface area (Å²) in [5.74, 6) is -0.436. The van der Waals surface area contributed by atoms with Gasteiger partial charge in [0, 0.05) is 11.9 Å². The molecule has 0 atom stereocenters. The molecule has 1 aromatic heterocycles. The molecule has 5 heteroatoms. The summed E-state index contributed by atoms with van der Waals surface area (Å²) in [4.78, 5) is 16.1. The predicted octanol–water partition coefficient (Wildman–Crippen LogP) is 2.79. The molecule has 0 saturated heterocycles. The number of benzene rings is 1. The first kappa shape index (κ1) is 13.0. The summed E-state index contributed by atoms with van der Waals surface area (Å²) in [6, 6.07) is 7.43. The van der Waals surface area contributed by atoms with Gasteiger partial charge in [-0.15, -0.1) is 0 Å².